The molecule has 0 heterocycles. The van der Waals surface area contributed by atoms with E-state index in [4.69, 9.17) is 0 Å². The van der Waals surface area contributed by atoms with E-state index in [0.29, 0.717) is 6.29 Å². The summed E-state index contributed by atoms with van der Waals surface area (Å²) in [6.45, 7) is 9.25. The molecule has 2 nitrogen and oxygen atoms in total. The summed E-state index contributed by atoms with van der Waals surface area (Å²) in [6.07, 6.45) is -3.98. The second-order valence-electron chi connectivity index (χ2n) is 6.12. The van der Waals surface area contributed by atoms with Crippen LogP contribution in [0.25, 0.3) is 0 Å². The number of hydrogen-bond donors (Lipinski definition) is 0. The van der Waals surface area contributed by atoms with E-state index in [9.17, 15) is 18.0 Å². The zero-order valence-electron chi connectivity index (χ0n) is 15.4. The van der Waals surface area contributed by atoms with Gasteiger partial charge in [-0.25, -0.2) is 0 Å². The van der Waals surface area contributed by atoms with Crippen molar-refractivity contribution in [3.05, 3.63) is 29.3 Å². The topological polar surface area (TPSA) is 26.3 Å². The van der Waals surface area contributed by atoms with Gasteiger partial charge in [-0.1, -0.05) is 0 Å². The number of rotatable bonds is 6. The Morgan fingerprint density at radius 1 is 1.17 bits per heavy atom. The fourth-order valence-corrected chi connectivity index (χ4v) is 3.27. The number of aldehydes is 1. The van der Waals surface area contributed by atoms with Gasteiger partial charge in [0.15, 0.2) is 6.29 Å². The van der Waals surface area contributed by atoms with E-state index in [-0.39, 0.29) is 12.7 Å². The largest absolute Gasteiger partial charge is 1.00 e. The van der Waals surface area contributed by atoms with E-state index in [1.807, 2.05) is 0 Å². The summed E-state index contributed by atoms with van der Waals surface area (Å²) in [7, 11) is 1.21. The Labute approximate surface area is 144 Å². The molecule has 130 valence electrons. The molecule has 0 aliphatic rings. The molecule has 0 saturated carbocycles. The van der Waals surface area contributed by atoms with E-state index >= 15 is 0 Å². The molecule has 1 aromatic carbocycles. The number of carbonyl (C=O) groups is 1. The minimum atomic E-state index is -4.42. The fourth-order valence-electron chi connectivity index (χ4n) is 1.75. The molecule has 0 saturated heterocycles. The first kappa shape index (κ1) is 22.0. The number of ether oxygens (including phenoxy) is 1. The van der Waals surface area contributed by atoms with Gasteiger partial charge in [0.25, 0.3) is 0 Å². The second kappa shape index (κ2) is 10.7. The van der Waals surface area contributed by atoms with Gasteiger partial charge in [-0.3, -0.25) is 4.79 Å². The first-order valence-corrected chi connectivity index (χ1v) is 9.27. The number of carbonyl (C=O) groups excluding carboxylic acids is 1. The van der Waals surface area contributed by atoms with Crippen molar-refractivity contribution in [2.45, 2.75) is 44.4 Å². The summed E-state index contributed by atoms with van der Waals surface area (Å²) < 4.78 is 41.2. The van der Waals surface area contributed by atoms with Crippen LogP contribution in [0.5, 0.6) is 5.75 Å². The van der Waals surface area contributed by atoms with Crippen molar-refractivity contribution in [3.63, 3.8) is 0 Å². The molecule has 0 N–H and O–H groups in total. The summed E-state index contributed by atoms with van der Waals surface area (Å²) in [5.74, 6) is 1.78. The maximum atomic E-state index is 12.2. The third-order valence-electron chi connectivity index (χ3n) is 2.96. The maximum Gasteiger partial charge on any atom is 0.416 e. The van der Waals surface area contributed by atoms with Gasteiger partial charge >= 0.3 is 71.5 Å². The zero-order valence-corrected chi connectivity index (χ0v) is 15.6. The minimum absolute atomic E-state index is 0. The smallest absolute Gasteiger partial charge is 0.416 e. The monoisotopic (exact) mass is 346 g/mol. The third kappa shape index (κ3) is 9.68. The molecule has 0 aromatic heterocycles. The predicted molar refractivity (Wildman–Crippen MR) is 89.5 cm³/mol. The van der Waals surface area contributed by atoms with Crippen LogP contribution in [-0.2, 0) is 6.18 Å². The molecule has 1 aromatic rings. The van der Waals surface area contributed by atoms with Crippen LogP contribution in [0.15, 0.2) is 18.2 Å². The molecule has 23 heavy (non-hydrogen) atoms. The Kier molecular flexibility index (Phi) is 10.3. The van der Waals surface area contributed by atoms with E-state index in [0.717, 1.165) is 45.3 Å². The van der Waals surface area contributed by atoms with Crippen LogP contribution in [-0.4, -0.2) is 28.6 Å². The van der Waals surface area contributed by atoms with E-state index in [2.05, 4.69) is 32.4 Å². The maximum absolute atomic E-state index is 12.2. The van der Waals surface area contributed by atoms with Crippen molar-refractivity contribution in [1.82, 2.24) is 0 Å². The number of halogens is 3. The van der Waals surface area contributed by atoms with Crippen molar-refractivity contribution in [2.24, 2.45) is 11.8 Å². The SMILES string of the molecule is CC(C)[CH2][Al+][CH2]C(C)C.COc1cc(C(F)(F)F)ccc1C=O.[H-]. The van der Waals surface area contributed by atoms with Gasteiger partial charge < -0.3 is 6.16 Å². The van der Waals surface area contributed by atoms with Crippen molar-refractivity contribution in [1.29, 1.82) is 0 Å². The Bertz CT molecular complexity index is 469. The second-order valence-corrected chi connectivity index (χ2v) is 7.64. The first-order valence-electron chi connectivity index (χ1n) is 7.63. The van der Waals surface area contributed by atoms with Gasteiger partial charge in [0.05, 0.1) is 18.2 Å². The molecule has 0 aliphatic carbocycles. The van der Waals surface area contributed by atoms with Crippen molar-refractivity contribution in [3.8, 4) is 5.75 Å². The fraction of sp³-hybridized carbons (Fsp3) is 0.588. The molecular weight excluding hydrogens is 320 g/mol. The van der Waals surface area contributed by atoms with Crippen LogP contribution >= 0.6 is 0 Å². The molecule has 0 aliphatic heterocycles. The molecule has 0 amide bonds. The normalized spacial score (nSPS) is 10.9. The summed E-state index contributed by atoms with van der Waals surface area (Å²) in [5, 5.41) is 2.97. The standard InChI is InChI=1S/C9H7F3O2.2C4H9.Al.H/c1-14-8-4-7(9(10,11)12)3-2-6(8)5-13;2*1-4(2)3;;/h2-5H,1H3;2*4H,1H2,2-3H3;;/q;;;+1;-1. The average Bonchev–Trinajstić information content (AvgIpc) is 2.45. The summed E-state index contributed by atoms with van der Waals surface area (Å²) in [4.78, 5) is 10.4. The van der Waals surface area contributed by atoms with Crippen molar-refractivity contribution in [2.75, 3.05) is 7.11 Å². The van der Waals surface area contributed by atoms with Gasteiger partial charge in [-0.2, -0.15) is 13.2 Å². The summed E-state index contributed by atoms with van der Waals surface area (Å²) in [6, 6.07) is 2.71. The van der Waals surface area contributed by atoms with Crippen LogP contribution in [0.4, 0.5) is 13.2 Å². The van der Waals surface area contributed by atoms with Gasteiger partial charge in [0, 0.05) is 0 Å². The van der Waals surface area contributed by atoms with Gasteiger partial charge in [-0.15, -0.1) is 0 Å². The van der Waals surface area contributed by atoms with Gasteiger partial charge in [0.2, 0.25) is 0 Å². The molecule has 0 fully saturated rings. The van der Waals surface area contributed by atoms with Gasteiger partial charge in [-0.05, 0) is 18.2 Å². The molecule has 6 heteroatoms. The Morgan fingerprint density at radius 3 is 2.04 bits per heavy atom. The zero-order chi connectivity index (χ0) is 18.0. The number of hydrogen-bond acceptors (Lipinski definition) is 2. The minimum Gasteiger partial charge on any atom is -1.00 e. The number of benzene rings is 1. The average molecular weight is 346 g/mol. The number of methoxy groups -OCH3 is 1. The molecule has 0 spiro atoms. The Morgan fingerprint density at radius 2 is 1.70 bits per heavy atom. The predicted octanol–water partition coefficient (Wildman–Crippen LogP) is 5.48. The quantitative estimate of drug-likeness (QED) is 0.504. The van der Waals surface area contributed by atoms with E-state index in [1.54, 1.807) is 0 Å². The molecule has 0 atom stereocenters. The van der Waals surface area contributed by atoms with Crippen LogP contribution < -0.4 is 4.74 Å². The van der Waals surface area contributed by atoms with E-state index < -0.39 is 11.7 Å². The summed E-state index contributed by atoms with van der Waals surface area (Å²) in [5.41, 5.74) is -0.736. The van der Waals surface area contributed by atoms with Crippen LogP contribution in [0, 0.1) is 11.8 Å². The Balaban J connectivity index is 0. The summed E-state index contributed by atoms with van der Waals surface area (Å²) >= 11 is 0.755. The first-order chi connectivity index (χ1) is 10.6. The molecule has 1 rings (SSSR count). The Hall–Kier alpha value is -0.988. The van der Waals surface area contributed by atoms with Crippen LogP contribution in [0.1, 0.15) is 45.0 Å². The molecule has 0 radical (unpaired) electrons. The van der Waals surface area contributed by atoms with E-state index in [1.165, 1.54) is 17.7 Å². The van der Waals surface area contributed by atoms with Crippen LogP contribution in [0.2, 0.25) is 10.6 Å². The number of alkyl halides is 3. The van der Waals surface area contributed by atoms with Crippen molar-refractivity contribution < 1.29 is 24.1 Å². The third-order valence-corrected chi connectivity index (χ3v) is 5.52. The van der Waals surface area contributed by atoms with Gasteiger partial charge in [0.1, 0.15) is 5.75 Å². The van der Waals surface area contributed by atoms with Crippen molar-refractivity contribution >= 4 is 21.5 Å². The molecule has 0 unspecified atom stereocenters. The molecular formula is C17H26AlF3O2. The van der Waals surface area contributed by atoms with Crippen LogP contribution in [0.3, 0.4) is 0 Å². The molecule has 0 bridgehead atoms.